The number of rotatable bonds is 4. The Morgan fingerprint density at radius 1 is 1.43 bits per heavy atom. The lowest BCUT2D eigenvalue weighted by molar-refractivity contribution is -0.225. The van der Waals surface area contributed by atoms with Crippen molar-refractivity contribution in [2.24, 2.45) is 17.1 Å². The number of nitrogens with two attached hydrogens (primary N) is 1. The van der Waals surface area contributed by atoms with E-state index in [1.54, 1.807) is 11.9 Å². The SMILES string of the molecule is CCN(C)C(=O)CNC(=O)C1(N)C2CCCOC2C1(C)C. The first-order chi connectivity index (χ1) is 9.76. The van der Waals surface area contributed by atoms with Crippen LogP contribution in [-0.4, -0.2) is 55.1 Å². The Bertz CT molecular complexity index is 438. The van der Waals surface area contributed by atoms with E-state index >= 15 is 0 Å². The first-order valence-electron chi connectivity index (χ1n) is 7.69. The summed E-state index contributed by atoms with van der Waals surface area (Å²) in [6, 6.07) is 0. The van der Waals surface area contributed by atoms with E-state index < -0.39 is 11.0 Å². The van der Waals surface area contributed by atoms with Crippen molar-refractivity contribution in [3.63, 3.8) is 0 Å². The highest BCUT2D eigenvalue weighted by atomic mass is 16.5. The number of likely N-dealkylation sites (N-methyl/N-ethyl adjacent to an activating group) is 1. The van der Waals surface area contributed by atoms with Gasteiger partial charge in [0.1, 0.15) is 5.54 Å². The third kappa shape index (κ3) is 2.34. The average Bonchev–Trinajstić information content (AvgIpc) is 2.50. The lowest BCUT2D eigenvalue weighted by Crippen LogP contribution is -2.82. The second-order valence-corrected chi connectivity index (χ2v) is 6.72. The summed E-state index contributed by atoms with van der Waals surface area (Å²) in [4.78, 5) is 25.9. The second-order valence-electron chi connectivity index (χ2n) is 6.72. The van der Waals surface area contributed by atoms with E-state index in [4.69, 9.17) is 10.5 Å². The molecule has 0 spiro atoms. The molecule has 1 aliphatic carbocycles. The monoisotopic (exact) mass is 297 g/mol. The van der Waals surface area contributed by atoms with Crippen LogP contribution < -0.4 is 11.1 Å². The lowest BCUT2D eigenvalue weighted by atomic mass is 9.46. The molecule has 2 aliphatic rings. The van der Waals surface area contributed by atoms with E-state index in [1.807, 2.05) is 20.8 Å². The summed E-state index contributed by atoms with van der Waals surface area (Å²) in [7, 11) is 1.71. The minimum atomic E-state index is -0.955. The molecule has 0 radical (unpaired) electrons. The van der Waals surface area contributed by atoms with Crippen molar-refractivity contribution >= 4 is 11.8 Å². The van der Waals surface area contributed by atoms with Crippen molar-refractivity contribution in [2.45, 2.75) is 45.3 Å². The van der Waals surface area contributed by atoms with Gasteiger partial charge in [0.2, 0.25) is 11.8 Å². The minimum Gasteiger partial charge on any atom is -0.377 e. The van der Waals surface area contributed by atoms with Gasteiger partial charge in [-0.15, -0.1) is 0 Å². The number of hydrogen-bond donors (Lipinski definition) is 2. The van der Waals surface area contributed by atoms with Crippen molar-refractivity contribution in [2.75, 3.05) is 26.7 Å². The Kier molecular flexibility index (Phi) is 4.31. The number of nitrogens with one attached hydrogen (secondary N) is 1. The molecule has 6 heteroatoms. The molecule has 2 amide bonds. The quantitative estimate of drug-likeness (QED) is 0.771. The maximum absolute atomic E-state index is 12.6. The van der Waals surface area contributed by atoms with Crippen LogP contribution in [0.5, 0.6) is 0 Å². The molecule has 120 valence electrons. The Morgan fingerprint density at radius 3 is 2.71 bits per heavy atom. The Morgan fingerprint density at radius 2 is 2.10 bits per heavy atom. The summed E-state index contributed by atoms with van der Waals surface area (Å²) in [5.41, 5.74) is 5.09. The summed E-state index contributed by atoms with van der Waals surface area (Å²) < 4.78 is 5.78. The number of ether oxygens (including phenoxy) is 1. The van der Waals surface area contributed by atoms with Crippen LogP contribution in [-0.2, 0) is 14.3 Å². The molecular weight excluding hydrogens is 270 g/mol. The Labute approximate surface area is 126 Å². The number of hydrogen-bond acceptors (Lipinski definition) is 4. The average molecular weight is 297 g/mol. The van der Waals surface area contributed by atoms with Crippen LogP contribution in [0, 0.1) is 11.3 Å². The molecule has 0 bridgehead atoms. The van der Waals surface area contributed by atoms with Crippen molar-refractivity contribution in [1.82, 2.24) is 10.2 Å². The van der Waals surface area contributed by atoms with Gasteiger partial charge in [-0.05, 0) is 19.8 Å². The van der Waals surface area contributed by atoms with E-state index in [-0.39, 0.29) is 30.4 Å². The van der Waals surface area contributed by atoms with E-state index in [0.29, 0.717) is 6.54 Å². The fourth-order valence-electron chi connectivity index (χ4n) is 3.65. The van der Waals surface area contributed by atoms with Gasteiger partial charge in [0.05, 0.1) is 12.6 Å². The smallest absolute Gasteiger partial charge is 0.241 e. The third-order valence-electron chi connectivity index (χ3n) is 5.36. The van der Waals surface area contributed by atoms with Crippen LogP contribution >= 0.6 is 0 Å². The summed E-state index contributed by atoms with van der Waals surface area (Å²) in [5.74, 6) is -0.305. The molecule has 0 aromatic carbocycles. The highest BCUT2D eigenvalue weighted by Crippen LogP contribution is 2.57. The molecule has 6 nitrogen and oxygen atoms in total. The van der Waals surface area contributed by atoms with Crippen LogP contribution in [0.25, 0.3) is 0 Å². The van der Waals surface area contributed by atoms with Crippen LogP contribution in [0.1, 0.15) is 33.6 Å². The molecule has 0 aromatic rings. The van der Waals surface area contributed by atoms with Crippen LogP contribution in [0.15, 0.2) is 0 Å². The van der Waals surface area contributed by atoms with E-state index in [2.05, 4.69) is 5.32 Å². The number of carbonyl (C=O) groups excluding carboxylic acids is 2. The molecule has 1 saturated carbocycles. The van der Waals surface area contributed by atoms with Crippen molar-refractivity contribution in [1.29, 1.82) is 0 Å². The number of amides is 2. The zero-order valence-corrected chi connectivity index (χ0v) is 13.4. The zero-order valence-electron chi connectivity index (χ0n) is 13.4. The standard InChI is InChI=1S/C15H27N3O3/c1-5-18(4)11(19)9-17-13(20)15(16)10-7-6-8-21-12(10)14(15,2)3/h10,12H,5-9,16H2,1-4H3,(H,17,20). The number of carbonyl (C=O) groups is 2. The van der Waals surface area contributed by atoms with Crippen LogP contribution in [0.2, 0.25) is 0 Å². The number of fused-ring (bicyclic) bond motifs is 1. The predicted octanol–water partition coefficient (Wildman–Crippen LogP) is 0.113. The molecule has 1 saturated heterocycles. The maximum Gasteiger partial charge on any atom is 0.241 e. The molecule has 3 atom stereocenters. The molecule has 21 heavy (non-hydrogen) atoms. The molecule has 0 aromatic heterocycles. The fourth-order valence-corrected chi connectivity index (χ4v) is 3.65. The van der Waals surface area contributed by atoms with Crippen LogP contribution in [0.4, 0.5) is 0 Å². The normalized spacial score (nSPS) is 33.6. The minimum absolute atomic E-state index is 0.00352. The lowest BCUT2D eigenvalue weighted by Gasteiger charge is -2.65. The van der Waals surface area contributed by atoms with Gasteiger partial charge >= 0.3 is 0 Å². The second kappa shape index (κ2) is 5.57. The highest BCUT2D eigenvalue weighted by molar-refractivity contribution is 5.92. The molecule has 2 rings (SSSR count). The highest BCUT2D eigenvalue weighted by Gasteiger charge is 2.70. The maximum atomic E-state index is 12.6. The van der Waals surface area contributed by atoms with E-state index in [0.717, 1.165) is 19.4 Å². The topological polar surface area (TPSA) is 84.7 Å². The third-order valence-corrected chi connectivity index (χ3v) is 5.36. The van der Waals surface area contributed by atoms with Crippen molar-refractivity contribution in [3.8, 4) is 0 Å². The van der Waals surface area contributed by atoms with Gasteiger partial charge in [0, 0.05) is 31.5 Å². The first kappa shape index (κ1) is 16.2. The largest absolute Gasteiger partial charge is 0.377 e. The van der Waals surface area contributed by atoms with Crippen molar-refractivity contribution in [3.05, 3.63) is 0 Å². The molecule has 1 aliphatic heterocycles. The van der Waals surface area contributed by atoms with Crippen LogP contribution in [0.3, 0.4) is 0 Å². The zero-order chi connectivity index (χ0) is 15.8. The van der Waals surface area contributed by atoms with Gasteiger partial charge in [-0.3, -0.25) is 9.59 Å². The Balaban J connectivity index is 2.02. The van der Waals surface area contributed by atoms with Gasteiger partial charge in [0.25, 0.3) is 0 Å². The summed E-state index contributed by atoms with van der Waals surface area (Å²) in [5, 5.41) is 2.72. The number of nitrogens with zero attached hydrogens (tertiary/aromatic N) is 1. The summed E-state index contributed by atoms with van der Waals surface area (Å²) in [6.45, 7) is 7.19. The molecule has 2 fully saturated rings. The van der Waals surface area contributed by atoms with Gasteiger partial charge in [-0.25, -0.2) is 0 Å². The Hall–Kier alpha value is -1.14. The summed E-state index contributed by atoms with van der Waals surface area (Å²) >= 11 is 0. The van der Waals surface area contributed by atoms with Gasteiger partial charge < -0.3 is 20.7 Å². The fraction of sp³-hybridized carbons (Fsp3) is 0.867. The van der Waals surface area contributed by atoms with Crippen molar-refractivity contribution < 1.29 is 14.3 Å². The predicted molar refractivity (Wildman–Crippen MR) is 79.5 cm³/mol. The first-order valence-corrected chi connectivity index (χ1v) is 7.69. The molecule has 3 N–H and O–H groups in total. The van der Waals surface area contributed by atoms with Gasteiger partial charge in [-0.2, -0.15) is 0 Å². The van der Waals surface area contributed by atoms with E-state index in [1.165, 1.54) is 0 Å². The van der Waals surface area contributed by atoms with Gasteiger partial charge in [0.15, 0.2) is 0 Å². The van der Waals surface area contributed by atoms with Gasteiger partial charge in [-0.1, -0.05) is 13.8 Å². The van der Waals surface area contributed by atoms with E-state index in [9.17, 15) is 9.59 Å². The molecular formula is C15H27N3O3. The summed E-state index contributed by atoms with van der Waals surface area (Å²) in [6.07, 6.45) is 1.87. The molecule has 1 heterocycles. The molecule has 3 unspecified atom stereocenters.